The zero-order valence-corrected chi connectivity index (χ0v) is 17.3. The molecule has 3 aromatic carbocycles. The summed E-state index contributed by atoms with van der Waals surface area (Å²) in [6, 6.07) is 21.8. The number of nitriles is 1. The van der Waals surface area contributed by atoms with Crippen molar-refractivity contribution in [3.63, 3.8) is 0 Å². The van der Waals surface area contributed by atoms with Gasteiger partial charge in [0, 0.05) is 18.7 Å². The lowest BCUT2D eigenvalue weighted by atomic mass is 10.1. The van der Waals surface area contributed by atoms with Crippen LogP contribution in [0.1, 0.15) is 27.0 Å². The Balaban J connectivity index is 1.43. The Morgan fingerprint density at radius 3 is 2.47 bits per heavy atom. The van der Waals surface area contributed by atoms with E-state index >= 15 is 0 Å². The van der Waals surface area contributed by atoms with E-state index in [4.69, 9.17) is 10.00 Å². The quantitative estimate of drug-likeness (QED) is 0.508. The second-order valence-corrected chi connectivity index (χ2v) is 7.04. The molecular formula is C25H22FN3O3. The minimum Gasteiger partial charge on any atom is -0.489 e. The van der Waals surface area contributed by atoms with E-state index in [1.54, 1.807) is 54.6 Å². The summed E-state index contributed by atoms with van der Waals surface area (Å²) in [6.45, 7) is 0.777. The molecule has 3 rings (SSSR count). The summed E-state index contributed by atoms with van der Waals surface area (Å²) in [4.78, 5) is 24.3. The molecule has 0 spiro atoms. The highest BCUT2D eigenvalue weighted by Crippen LogP contribution is 2.15. The highest BCUT2D eigenvalue weighted by molar-refractivity contribution is 5.94. The SMILES string of the molecule is N#Cc1cccc(OCc2cccc(C(=O)NCCNC(=O)Cc3cccc(F)c3)c2)c1. The molecule has 0 aliphatic heterocycles. The lowest BCUT2D eigenvalue weighted by molar-refractivity contribution is -0.120. The molecule has 3 aromatic rings. The van der Waals surface area contributed by atoms with E-state index in [2.05, 4.69) is 16.7 Å². The Kier molecular flexibility index (Phi) is 7.93. The van der Waals surface area contributed by atoms with Crippen molar-refractivity contribution in [2.45, 2.75) is 13.0 Å². The smallest absolute Gasteiger partial charge is 0.251 e. The molecule has 6 nitrogen and oxygen atoms in total. The number of carbonyl (C=O) groups excluding carboxylic acids is 2. The normalized spacial score (nSPS) is 10.1. The van der Waals surface area contributed by atoms with Gasteiger partial charge in [0.05, 0.1) is 18.1 Å². The summed E-state index contributed by atoms with van der Waals surface area (Å²) in [5.74, 6) is -0.319. The zero-order chi connectivity index (χ0) is 22.8. The van der Waals surface area contributed by atoms with Crippen LogP contribution in [0.3, 0.4) is 0 Å². The molecule has 0 saturated carbocycles. The van der Waals surface area contributed by atoms with Gasteiger partial charge in [-0.05, 0) is 53.6 Å². The van der Waals surface area contributed by atoms with Gasteiger partial charge in [0.15, 0.2) is 0 Å². The van der Waals surface area contributed by atoms with Gasteiger partial charge in [-0.1, -0.05) is 30.3 Å². The van der Waals surface area contributed by atoms with Crippen molar-refractivity contribution in [1.82, 2.24) is 10.6 Å². The molecule has 162 valence electrons. The predicted molar refractivity (Wildman–Crippen MR) is 117 cm³/mol. The molecule has 7 heteroatoms. The Morgan fingerprint density at radius 1 is 0.906 bits per heavy atom. The Morgan fingerprint density at radius 2 is 1.66 bits per heavy atom. The van der Waals surface area contributed by atoms with Crippen LogP contribution >= 0.6 is 0 Å². The number of halogens is 1. The van der Waals surface area contributed by atoms with E-state index in [9.17, 15) is 14.0 Å². The average molecular weight is 431 g/mol. The van der Waals surface area contributed by atoms with Gasteiger partial charge < -0.3 is 15.4 Å². The third-order valence-electron chi connectivity index (χ3n) is 4.54. The maximum absolute atomic E-state index is 13.2. The van der Waals surface area contributed by atoms with Gasteiger partial charge in [-0.25, -0.2) is 4.39 Å². The van der Waals surface area contributed by atoms with Crippen LogP contribution in [0.15, 0.2) is 72.8 Å². The topological polar surface area (TPSA) is 91.2 Å². The highest BCUT2D eigenvalue weighted by atomic mass is 19.1. The lowest BCUT2D eigenvalue weighted by Gasteiger charge is -2.10. The third kappa shape index (κ3) is 6.96. The number of carbonyl (C=O) groups is 2. The lowest BCUT2D eigenvalue weighted by Crippen LogP contribution is -2.35. The first-order valence-electron chi connectivity index (χ1n) is 10.0. The van der Waals surface area contributed by atoms with E-state index < -0.39 is 0 Å². The second-order valence-electron chi connectivity index (χ2n) is 7.04. The van der Waals surface area contributed by atoms with Gasteiger partial charge in [-0.3, -0.25) is 9.59 Å². The number of rotatable bonds is 9. The van der Waals surface area contributed by atoms with Crippen molar-refractivity contribution in [3.05, 3.63) is 101 Å². The molecule has 0 heterocycles. The van der Waals surface area contributed by atoms with Gasteiger partial charge in [0.1, 0.15) is 18.2 Å². The maximum atomic E-state index is 13.2. The second kappa shape index (κ2) is 11.3. The van der Waals surface area contributed by atoms with E-state index in [1.165, 1.54) is 12.1 Å². The average Bonchev–Trinajstić information content (AvgIpc) is 2.80. The van der Waals surface area contributed by atoms with Crippen molar-refractivity contribution in [2.75, 3.05) is 13.1 Å². The Labute approximate surface area is 185 Å². The fraction of sp³-hybridized carbons (Fsp3) is 0.160. The fourth-order valence-electron chi connectivity index (χ4n) is 3.00. The molecular weight excluding hydrogens is 409 g/mol. The molecule has 0 fully saturated rings. The fourth-order valence-corrected chi connectivity index (χ4v) is 3.00. The van der Waals surface area contributed by atoms with Gasteiger partial charge in [0.25, 0.3) is 5.91 Å². The first-order chi connectivity index (χ1) is 15.5. The van der Waals surface area contributed by atoms with Gasteiger partial charge in [0.2, 0.25) is 5.91 Å². The molecule has 0 aromatic heterocycles. The van der Waals surface area contributed by atoms with Crippen LogP contribution in [0, 0.1) is 17.1 Å². The summed E-state index contributed by atoms with van der Waals surface area (Å²) in [5, 5.41) is 14.4. The summed E-state index contributed by atoms with van der Waals surface area (Å²) in [7, 11) is 0. The number of ether oxygens (including phenoxy) is 1. The molecule has 2 amide bonds. The Bertz CT molecular complexity index is 1140. The number of nitrogens with one attached hydrogen (secondary N) is 2. The monoisotopic (exact) mass is 431 g/mol. The minimum atomic E-state index is -0.383. The molecule has 0 atom stereocenters. The molecule has 0 bridgehead atoms. The first-order valence-corrected chi connectivity index (χ1v) is 10.0. The summed E-state index contributed by atoms with van der Waals surface area (Å²) in [6.07, 6.45) is 0.0744. The van der Waals surface area contributed by atoms with Crippen LogP contribution in [-0.4, -0.2) is 24.9 Å². The van der Waals surface area contributed by atoms with Gasteiger partial charge >= 0.3 is 0 Å². The molecule has 2 N–H and O–H groups in total. The van der Waals surface area contributed by atoms with Crippen LogP contribution in [0.2, 0.25) is 0 Å². The Hall–Kier alpha value is -4.18. The van der Waals surface area contributed by atoms with E-state index in [1.807, 2.05) is 6.07 Å². The number of hydrogen-bond donors (Lipinski definition) is 2. The molecule has 0 unspecified atom stereocenters. The van der Waals surface area contributed by atoms with E-state index in [-0.39, 0.29) is 43.7 Å². The molecule has 0 saturated heterocycles. The molecule has 0 radical (unpaired) electrons. The van der Waals surface area contributed by atoms with E-state index in [0.29, 0.717) is 22.4 Å². The summed E-state index contributed by atoms with van der Waals surface area (Å²) >= 11 is 0. The molecule has 0 aliphatic rings. The van der Waals surface area contributed by atoms with Crippen molar-refractivity contribution in [1.29, 1.82) is 5.26 Å². The number of hydrogen-bond acceptors (Lipinski definition) is 4. The third-order valence-corrected chi connectivity index (χ3v) is 4.54. The number of nitrogens with zero attached hydrogens (tertiary/aromatic N) is 1. The molecule has 32 heavy (non-hydrogen) atoms. The van der Waals surface area contributed by atoms with Crippen LogP contribution in [0.4, 0.5) is 4.39 Å². The summed E-state index contributed by atoms with van der Waals surface area (Å²) in [5.41, 5.74) is 2.38. The van der Waals surface area contributed by atoms with Crippen LogP contribution in [0.5, 0.6) is 5.75 Å². The standard InChI is InChI=1S/C25H22FN3O3/c26-22-8-2-4-18(13-22)15-24(30)28-10-11-29-25(31)21-7-1-6-20(12-21)17-32-23-9-3-5-19(14-23)16-27/h1-9,12-14H,10-11,15,17H2,(H,28,30)(H,29,31). The number of amides is 2. The van der Waals surface area contributed by atoms with Gasteiger partial charge in [-0.15, -0.1) is 0 Å². The van der Waals surface area contributed by atoms with Crippen molar-refractivity contribution >= 4 is 11.8 Å². The number of benzene rings is 3. The van der Waals surface area contributed by atoms with Crippen molar-refractivity contribution in [3.8, 4) is 11.8 Å². The maximum Gasteiger partial charge on any atom is 0.251 e. The largest absolute Gasteiger partial charge is 0.489 e. The zero-order valence-electron chi connectivity index (χ0n) is 17.3. The van der Waals surface area contributed by atoms with Crippen LogP contribution in [0.25, 0.3) is 0 Å². The van der Waals surface area contributed by atoms with Crippen molar-refractivity contribution < 1.29 is 18.7 Å². The minimum absolute atomic E-state index is 0.0744. The van der Waals surface area contributed by atoms with Crippen LogP contribution < -0.4 is 15.4 Å². The highest BCUT2D eigenvalue weighted by Gasteiger charge is 2.08. The molecule has 0 aliphatic carbocycles. The predicted octanol–water partition coefficient (Wildman–Crippen LogP) is 3.37. The van der Waals surface area contributed by atoms with Gasteiger partial charge in [-0.2, -0.15) is 5.26 Å². The van der Waals surface area contributed by atoms with Crippen LogP contribution in [-0.2, 0) is 17.8 Å². The van der Waals surface area contributed by atoms with E-state index in [0.717, 1.165) is 5.56 Å². The first kappa shape index (κ1) is 22.5. The van der Waals surface area contributed by atoms with Crippen molar-refractivity contribution in [2.24, 2.45) is 0 Å². The summed E-state index contributed by atoms with van der Waals surface area (Å²) < 4.78 is 18.9.